The maximum atomic E-state index is 12.4. The van der Waals surface area contributed by atoms with E-state index in [9.17, 15) is 19.5 Å². The van der Waals surface area contributed by atoms with Gasteiger partial charge in [0.2, 0.25) is 0 Å². The molecule has 0 aliphatic carbocycles. The predicted molar refractivity (Wildman–Crippen MR) is 92.3 cm³/mol. The second kappa shape index (κ2) is 9.35. The van der Waals surface area contributed by atoms with Gasteiger partial charge in [-0.3, -0.25) is 9.59 Å². The number of Topliss-reactive ketones (excluding diaryl/α,β-unsaturated/α-hetero) is 1. The second-order valence-electron chi connectivity index (χ2n) is 5.30. The molecule has 1 amide bonds. The van der Waals surface area contributed by atoms with Crippen LogP contribution in [0, 0.1) is 6.92 Å². The topological polar surface area (TPSA) is 83.5 Å². The molecule has 2 N–H and O–H groups in total. The lowest BCUT2D eigenvalue weighted by Crippen LogP contribution is -2.41. The Balaban J connectivity index is 2.97. The van der Waals surface area contributed by atoms with Crippen LogP contribution in [-0.2, 0) is 4.79 Å². The molecule has 0 radical (unpaired) electrons. The molecule has 0 spiro atoms. The largest absolute Gasteiger partial charge is 0.480 e. The Bertz CT molecular complexity index is 586. The fourth-order valence-corrected chi connectivity index (χ4v) is 2.75. The van der Waals surface area contributed by atoms with Crippen LogP contribution < -0.4 is 5.32 Å². The summed E-state index contributed by atoms with van der Waals surface area (Å²) in [5, 5.41) is 11.7. The standard InChI is InChI=1S/C17H23NO4S/c1-4-6-15(19)12-7-5-8-13(11(12)2)16(20)18-14(17(21)22)9-10-23-3/h5,7-8,14H,4,6,9-10H2,1-3H3,(H,18,20)(H,21,22). The Hall–Kier alpha value is -1.82. The molecular formula is C17H23NO4S. The predicted octanol–water partition coefficient (Wildman–Crippen LogP) is 2.91. The van der Waals surface area contributed by atoms with E-state index in [0.717, 1.165) is 6.42 Å². The van der Waals surface area contributed by atoms with E-state index in [1.807, 2.05) is 13.2 Å². The van der Waals surface area contributed by atoms with Crippen LogP contribution in [0.2, 0.25) is 0 Å². The number of carboxylic acids is 1. The minimum absolute atomic E-state index is 0.00295. The zero-order valence-corrected chi connectivity index (χ0v) is 14.5. The molecule has 0 aliphatic heterocycles. The van der Waals surface area contributed by atoms with Crippen molar-refractivity contribution >= 4 is 29.4 Å². The molecule has 6 heteroatoms. The summed E-state index contributed by atoms with van der Waals surface area (Å²) >= 11 is 1.53. The van der Waals surface area contributed by atoms with Crippen molar-refractivity contribution in [3.63, 3.8) is 0 Å². The quantitative estimate of drug-likeness (QED) is 0.677. The van der Waals surface area contributed by atoms with Gasteiger partial charge in [-0.05, 0) is 43.4 Å². The monoisotopic (exact) mass is 337 g/mol. The number of hydrogen-bond donors (Lipinski definition) is 2. The van der Waals surface area contributed by atoms with Crippen molar-refractivity contribution in [2.45, 2.75) is 39.2 Å². The maximum Gasteiger partial charge on any atom is 0.326 e. The van der Waals surface area contributed by atoms with E-state index in [-0.39, 0.29) is 5.78 Å². The first kappa shape index (κ1) is 19.2. The molecule has 1 rings (SSSR count). The average molecular weight is 337 g/mol. The van der Waals surface area contributed by atoms with Gasteiger partial charge in [-0.25, -0.2) is 4.79 Å². The van der Waals surface area contributed by atoms with Crippen LogP contribution in [0.1, 0.15) is 52.5 Å². The first-order valence-electron chi connectivity index (χ1n) is 7.57. The maximum absolute atomic E-state index is 12.4. The lowest BCUT2D eigenvalue weighted by atomic mass is 9.96. The summed E-state index contributed by atoms with van der Waals surface area (Å²) in [4.78, 5) is 35.7. The lowest BCUT2D eigenvalue weighted by Gasteiger charge is -2.16. The van der Waals surface area contributed by atoms with Gasteiger partial charge in [0.1, 0.15) is 6.04 Å². The van der Waals surface area contributed by atoms with E-state index in [4.69, 9.17) is 0 Å². The molecule has 1 unspecified atom stereocenters. The molecule has 0 saturated carbocycles. The first-order valence-corrected chi connectivity index (χ1v) is 8.97. The molecule has 0 heterocycles. The Labute approximate surface area is 140 Å². The van der Waals surface area contributed by atoms with E-state index >= 15 is 0 Å². The number of carbonyl (C=O) groups excluding carboxylic acids is 2. The van der Waals surface area contributed by atoms with Gasteiger partial charge in [-0.1, -0.05) is 19.1 Å². The van der Waals surface area contributed by atoms with Gasteiger partial charge in [0, 0.05) is 17.5 Å². The minimum atomic E-state index is -1.05. The summed E-state index contributed by atoms with van der Waals surface area (Å²) in [7, 11) is 0. The van der Waals surface area contributed by atoms with Gasteiger partial charge in [-0.2, -0.15) is 11.8 Å². The lowest BCUT2D eigenvalue weighted by molar-refractivity contribution is -0.139. The Morgan fingerprint density at radius 3 is 2.48 bits per heavy atom. The number of rotatable bonds is 9. The normalized spacial score (nSPS) is 11.8. The highest BCUT2D eigenvalue weighted by molar-refractivity contribution is 7.98. The smallest absolute Gasteiger partial charge is 0.326 e. The zero-order chi connectivity index (χ0) is 17.4. The van der Waals surface area contributed by atoms with Crippen LogP contribution in [0.3, 0.4) is 0 Å². The van der Waals surface area contributed by atoms with E-state index < -0.39 is 17.9 Å². The Morgan fingerprint density at radius 1 is 1.26 bits per heavy atom. The number of thioether (sulfide) groups is 1. The Morgan fingerprint density at radius 2 is 1.91 bits per heavy atom. The summed E-state index contributed by atoms with van der Waals surface area (Å²) in [6.07, 6.45) is 3.41. The van der Waals surface area contributed by atoms with Gasteiger partial charge in [0.25, 0.3) is 5.91 Å². The van der Waals surface area contributed by atoms with Crippen LogP contribution in [-0.4, -0.2) is 40.8 Å². The first-order chi connectivity index (χ1) is 10.9. The summed E-state index contributed by atoms with van der Waals surface area (Å²) in [5.74, 6) is -0.868. The van der Waals surface area contributed by atoms with E-state index in [0.29, 0.717) is 35.3 Å². The SMILES string of the molecule is CCCC(=O)c1cccc(C(=O)NC(CCSC)C(=O)O)c1C. The third kappa shape index (κ3) is 5.39. The van der Waals surface area contributed by atoms with Crippen LogP contribution in [0.5, 0.6) is 0 Å². The van der Waals surface area contributed by atoms with E-state index in [1.54, 1.807) is 25.1 Å². The summed E-state index contributed by atoms with van der Waals surface area (Å²) < 4.78 is 0. The van der Waals surface area contributed by atoms with Crippen LogP contribution >= 0.6 is 11.8 Å². The fraction of sp³-hybridized carbons (Fsp3) is 0.471. The number of aliphatic carboxylic acids is 1. The molecular weight excluding hydrogens is 314 g/mol. The van der Waals surface area contributed by atoms with Gasteiger partial charge >= 0.3 is 5.97 Å². The number of hydrogen-bond acceptors (Lipinski definition) is 4. The van der Waals surface area contributed by atoms with E-state index in [1.165, 1.54) is 11.8 Å². The number of carboxylic acid groups (broad SMARTS) is 1. The van der Waals surface area contributed by atoms with Gasteiger partial charge < -0.3 is 10.4 Å². The molecule has 1 aromatic carbocycles. The summed E-state index contributed by atoms with van der Waals surface area (Å²) in [5.41, 5.74) is 1.47. The molecule has 126 valence electrons. The van der Waals surface area contributed by atoms with Crippen LogP contribution in [0.4, 0.5) is 0 Å². The van der Waals surface area contributed by atoms with Crippen molar-refractivity contribution in [2.24, 2.45) is 0 Å². The Kier molecular flexibility index (Phi) is 7.81. The molecule has 0 aromatic heterocycles. The van der Waals surface area contributed by atoms with Crippen LogP contribution in [0.25, 0.3) is 0 Å². The minimum Gasteiger partial charge on any atom is -0.480 e. The molecule has 0 saturated heterocycles. The van der Waals surface area contributed by atoms with Crippen molar-refractivity contribution in [1.29, 1.82) is 0 Å². The number of benzene rings is 1. The number of ketones is 1. The third-order valence-corrected chi connectivity index (χ3v) is 4.21. The number of amides is 1. The zero-order valence-electron chi connectivity index (χ0n) is 13.7. The highest BCUT2D eigenvalue weighted by atomic mass is 32.2. The summed E-state index contributed by atoms with van der Waals surface area (Å²) in [6, 6.07) is 4.04. The van der Waals surface area contributed by atoms with Crippen molar-refractivity contribution in [3.8, 4) is 0 Å². The van der Waals surface area contributed by atoms with Crippen molar-refractivity contribution in [2.75, 3.05) is 12.0 Å². The molecule has 1 aromatic rings. The second-order valence-corrected chi connectivity index (χ2v) is 6.28. The molecule has 0 aliphatic rings. The summed E-state index contributed by atoms with van der Waals surface area (Å²) in [6.45, 7) is 3.64. The third-order valence-electron chi connectivity index (χ3n) is 3.57. The molecule has 5 nitrogen and oxygen atoms in total. The van der Waals surface area contributed by atoms with Crippen LogP contribution in [0.15, 0.2) is 18.2 Å². The number of carbonyl (C=O) groups is 3. The molecule has 0 bridgehead atoms. The van der Waals surface area contributed by atoms with Crippen molar-refractivity contribution in [3.05, 3.63) is 34.9 Å². The average Bonchev–Trinajstić information content (AvgIpc) is 2.51. The van der Waals surface area contributed by atoms with Crippen molar-refractivity contribution in [1.82, 2.24) is 5.32 Å². The molecule has 0 fully saturated rings. The van der Waals surface area contributed by atoms with Gasteiger partial charge in [-0.15, -0.1) is 0 Å². The highest BCUT2D eigenvalue weighted by Crippen LogP contribution is 2.17. The van der Waals surface area contributed by atoms with Crippen molar-refractivity contribution < 1.29 is 19.5 Å². The molecule has 1 atom stereocenters. The van der Waals surface area contributed by atoms with Gasteiger partial charge in [0.05, 0.1) is 0 Å². The van der Waals surface area contributed by atoms with E-state index in [2.05, 4.69) is 5.32 Å². The fourth-order valence-electron chi connectivity index (χ4n) is 2.27. The highest BCUT2D eigenvalue weighted by Gasteiger charge is 2.22. The number of nitrogens with one attached hydrogen (secondary N) is 1. The van der Waals surface area contributed by atoms with Gasteiger partial charge in [0.15, 0.2) is 5.78 Å². The molecule has 23 heavy (non-hydrogen) atoms.